The molecular weight excluding hydrogens is 416 g/mol. The number of carbonyl (C=O) groups is 1. The van der Waals surface area contributed by atoms with Crippen molar-refractivity contribution in [1.29, 1.82) is 0 Å². The molecule has 0 radical (unpaired) electrons. The van der Waals surface area contributed by atoms with Crippen LogP contribution in [0.3, 0.4) is 0 Å². The maximum absolute atomic E-state index is 12.1. The zero-order valence-corrected chi connectivity index (χ0v) is 22.8. The Bertz CT molecular complexity index is 654. The average Bonchev–Trinajstić information content (AvgIpc) is 2.51. The van der Waals surface area contributed by atoms with Gasteiger partial charge in [0.1, 0.15) is 5.75 Å². The van der Waals surface area contributed by atoms with Crippen LogP contribution >= 0.6 is 0 Å². The third kappa shape index (κ3) is 10.6. The van der Waals surface area contributed by atoms with E-state index in [0.29, 0.717) is 25.2 Å². The predicted molar refractivity (Wildman–Crippen MR) is 127 cm³/mol. The van der Waals surface area contributed by atoms with Gasteiger partial charge in [-0.1, -0.05) is 12.1 Å². The van der Waals surface area contributed by atoms with Gasteiger partial charge < -0.3 is 18.1 Å². The second-order valence-corrected chi connectivity index (χ2v) is 22.8. The lowest BCUT2D eigenvalue weighted by Gasteiger charge is -2.38. The number of carbonyl (C=O) groups excluding carboxylic acids is 1. The van der Waals surface area contributed by atoms with E-state index in [9.17, 15) is 9.90 Å². The molecule has 0 unspecified atom stereocenters. The van der Waals surface area contributed by atoms with E-state index in [4.69, 9.17) is 13.0 Å². The van der Waals surface area contributed by atoms with Gasteiger partial charge in [-0.25, -0.2) is 0 Å². The first-order chi connectivity index (χ1) is 13.1. The number of hydrogen-bond donors (Lipinski definition) is 1. The smallest absolute Gasteiger partial charge is 0.314 e. The molecule has 0 aliphatic carbocycles. The number of phenolic OH excluding ortho intramolecular Hbond substituents is 1. The van der Waals surface area contributed by atoms with E-state index in [0.717, 1.165) is 29.2 Å². The number of esters is 1. The summed E-state index contributed by atoms with van der Waals surface area (Å²) in [4.78, 5) is 12.1. The molecule has 0 saturated carbocycles. The number of hydrogen-bond acceptors (Lipinski definition) is 5. The molecule has 0 bridgehead atoms. The van der Waals surface area contributed by atoms with Gasteiger partial charge in [0.15, 0.2) is 16.6 Å². The second kappa shape index (κ2) is 10.4. The monoisotopic (exact) mass is 456 g/mol. The first-order valence-corrected chi connectivity index (χ1v) is 19.8. The van der Waals surface area contributed by atoms with Gasteiger partial charge in [0, 0.05) is 6.42 Å². The van der Waals surface area contributed by atoms with Crippen molar-refractivity contribution in [2.75, 3.05) is 6.61 Å². The Morgan fingerprint density at radius 2 is 1.41 bits per heavy atom. The molecule has 1 aromatic carbocycles. The van der Waals surface area contributed by atoms with E-state index >= 15 is 0 Å². The van der Waals surface area contributed by atoms with Crippen molar-refractivity contribution in [3.63, 3.8) is 0 Å². The number of ether oxygens (including phenoxy) is 1. The summed E-state index contributed by atoms with van der Waals surface area (Å²) in [5.41, 5.74) is 2.71. The van der Waals surface area contributed by atoms with Gasteiger partial charge >= 0.3 is 14.5 Å². The van der Waals surface area contributed by atoms with Crippen LogP contribution in [0, 0.1) is 13.8 Å². The summed E-state index contributed by atoms with van der Waals surface area (Å²) < 4.78 is 18.4. The van der Waals surface area contributed by atoms with Crippen LogP contribution in [0.1, 0.15) is 29.5 Å². The number of benzene rings is 1. The molecule has 0 aliphatic heterocycles. The van der Waals surface area contributed by atoms with E-state index in [-0.39, 0.29) is 5.97 Å². The summed E-state index contributed by atoms with van der Waals surface area (Å²) in [6.07, 6.45) is 1.72. The topological polar surface area (TPSA) is 65.0 Å². The van der Waals surface area contributed by atoms with Crippen molar-refractivity contribution in [1.82, 2.24) is 0 Å². The number of rotatable bonds is 11. The fourth-order valence-electron chi connectivity index (χ4n) is 3.51. The number of phenols is 1. The third-order valence-corrected chi connectivity index (χ3v) is 13.9. The number of aromatic hydroxyl groups is 1. The molecule has 8 heteroatoms. The maximum atomic E-state index is 12.1. The molecule has 0 fully saturated rings. The Kier molecular flexibility index (Phi) is 9.35. The highest BCUT2D eigenvalue weighted by Gasteiger charge is 2.39. The molecule has 1 rings (SSSR count). The standard InChI is InChI=1S/C21H40O5Si3/c1-17-15-19(16-18(2)21(17)23)11-12-20(22)24-13-10-14-29(9,25-27(3,4)5)26-28(6,7)8/h15-16,23H,10-14H2,1-9H3. The number of aryl methyl sites for hydroxylation is 3. The van der Waals surface area contributed by atoms with Crippen molar-refractivity contribution in [3.05, 3.63) is 28.8 Å². The summed E-state index contributed by atoms with van der Waals surface area (Å²) >= 11 is 0. The van der Waals surface area contributed by atoms with Gasteiger partial charge in [0.05, 0.1) is 6.61 Å². The lowest BCUT2D eigenvalue weighted by Crippen LogP contribution is -2.52. The van der Waals surface area contributed by atoms with Crippen LogP contribution in [0.2, 0.25) is 51.9 Å². The second-order valence-electron chi connectivity index (χ2n) is 9.96. The molecule has 1 aromatic rings. The zero-order valence-electron chi connectivity index (χ0n) is 19.8. The van der Waals surface area contributed by atoms with E-state index in [2.05, 4.69) is 45.8 Å². The van der Waals surface area contributed by atoms with Crippen molar-refractivity contribution in [3.8, 4) is 5.75 Å². The van der Waals surface area contributed by atoms with E-state index in [1.807, 2.05) is 26.0 Å². The Hall–Kier alpha value is -0.939. The van der Waals surface area contributed by atoms with Gasteiger partial charge in [-0.2, -0.15) is 0 Å². The van der Waals surface area contributed by atoms with Crippen LogP contribution < -0.4 is 0 Å². The lowest BCUT2D eigenvalue weighted by molar-refractivity contribution is -0.143. The molecule has 0 aliphatic rings. The molecule has 0 saturated heterocycles. The zero-order chi connectivity index (χ0) is 22.5. The maximum Gasteiger partial charge on any atom is 0.314 e. The summed E-state index contributed by atoms with van der Waals surface area (Å²) in [5.74, 6) is 0.138. The first-order valence-electron chi connectivity index (χ1n) is 10.5. The molecule has 29 heavy (non-hydrogen) atoms. The Morgan fingerprint density at radius 1 is 0.931 bits per heavy atom. The van der Waals surface area contributed by atoms with Crippen LogP contribution in [0.15, 0.2) is 12.1 Å². The molecule has 0 aromatic heterocycles. The van der Waals surface area contributed by atoms with E-state index < -0.39 is 25.2 Å². The van der Waals surface area contributed by atoms with Crippen molar-refractivity contribution < 1.29 is 22.9 Å². The normalized spacial score (nSPS) is 12.9. The Balaban J connectivity index is 2.49. The van der Waals surface area contributed by atoms with Gasteiger partial charge in [-0.3, -0.25) is 4.79 Å². The average molecular weight is 457 g/mol. The highest BCUT2D eigenvalue weighted by Crippen LogP contribution is 2.26. The van der Waals surface area contributed by atoms with Gasteiger partial charge in [0.2, 0.25) is 0 Å². The predicted octanol–water partition coefficient (Wildman–Crippen LogP) is 5.65. The highest BCUT2D eigenvalue weighted by atomic mass is 28.5. The van der Waals surface area contributed by atoms with Crippen molar-refractivity contribution >= 4 is 31.2 Å². The molecule has 0 heterocycles. The molecule has 0 amide bonds. The largest absolute Gasteiger partial charge is 0.507 e. The minimum absolute atomic E-state index is 0.186. The summed E-state index contributed by atoms with van der Waals surface area (Å²) in [6, 6.07) is 4.69. The van der Waals surface area contributed by atoms with Crippen LogP contribution in [0.4, 0.5) is 0 Å². The quantitative estimate of drug-likeness (QED) is 0.265. The molecule has 5 nitrogen and oxygen atoms in total. The van der Waals surface area contributed by atoms with Crippen molar-refractivity contribution in [2.45, 2.75) is 85.0 Å². The third-order valence-electron chi connectivity index (χ3n) is 4.25. The fraction of sp³-hybridized carbons (Fsp3) is 0.667. The SMILES string of the molecule is Cc1cc(CCC(=O)OCCC[Si](C)(O[Si](C)(C)C)O[Si](C)(C)C)cc(C)c1O. The van der Waals surface area contributed by atoms with Gasteiger partial charge in [-0.15, -0.1) is 0 Å². The molecule has 0 atom stereocenters. The fourth-order valence-corrected chi connectivity index (χ4v) is 16.0. The molecule has 1 N–H and O–H groups in total. The van der Waals surface area contributed by atoms with Crippen LogP contribution in [0.5, 0.6) is 5.75 Å². The molecular formula is C21H40O5Si3. The Morgan fingerprint density at radius 3 is 1.86 bits per heavy atom. The van der Waals surface area contributed by atoms with Crippen LogP contribution in [0.25, 0.3) is 0 Å². The summed E-state index contributed by atoms with van der Waals surface area (Å²) in [7, 11) is -5.68. The minimum Gasteiger partial charge on any atom is -0.507 e. The summed E-state index contributed by atoms with van der Waals surface area (Å²) in [6.45, 7) is 19.5. The van der Waals surface area contributed by atoms with Crippen LogP contribution in [-0.4, -0.2) is 42.9 Å². The minimum atomic E-state index is -2.27. The van der Waals surface area contributed by atoms with Crippen LogP contribution in [-0.2, 0) is 24.2 Å². The lowest BCUT2D eigenvalue weighted by atomic mass is 10.0. The van der Waals surface area contributed by atoms with Gasteiger partial charge in [0.25, 0.3) is 0 Å². The highest BCUT2D eigenvalue weighted by molar-refractivity contribution is 6.87. The molecule has 166 valence electrons. The van der Waals surface area contributed by atoms with E-state index in [1.54, 1.807) is 0 Å². The van der Waals surface area contributed by atoms with Gasteiger partial charge in [-0.05, 0) is 95.3 Å². The van der Waals surface area contributed by atoms with E-state index in [1.165, 1.54) is 0 Å². The molecule has 0 spiro atoms. The Labute approximate surface area is 180 Å². The summed E-state index contributed by atoms with van der Waals surface area (Å²) in [5, 5.41) is 9.85. The first kappa shape index (κ1) is 26.1. The van der Waals surface area contributed by atoms with Crippen molar-refractivity contribution in [2.24, 2.45) is 0 Å².